The van der Waals surface area contributed by atoms with Gasteiger partial charge in [0.25, 0.3) is 0 Å². The van der Waals surface area contributed by atoms with Gasteiger partial charge < -0.3 is 48.5 Å². The van der Waals surface area contributed by atoms with E-state index in [0.29, 0.717) is 0 Å². The topological polar surface area (TPSA) is 125 Å². The largest absolute Gasteiger partial charge is 0.472 e. The molecule has 1 aliphatic carbocycles. The van der Waals surface area contributed by atoms with Gasteiger partial charge in [-0.25, -0.2) is 0 Å². The Morgan fingerprint density at radius 1 is 0.935 bits per heavy atom. The predicted molar refractivity (Wildman–Crippen MR) is 102 cm³/mol. The Bertz CT molecular complexity index is 738. The molecule has 0 radical (unpaired) electrons. The molecule has 0 aromatic carbocycles. The first kappa shape index (κ1) is 22.0. The van der Waals surface area contributed by atoms with E-state index in [1.807, 2.05) is 6.92 Å². The molecule has 0 aromatic heterocycles. The van der Waals surface area contributed by atoms with Crippen LogP contribution in [0.25, 0.3) is 0 Å². The maximum atomic E-state index is 10.8. The number of aliphatic hydroxyl groups is 3. The van der Waals surface area contributed by atoms with Gasteiger partial charge >= 0.3 is 0 Å². The van der Waals surface area contributed by atoms with Crippen LogP contribution in [0.2, 0.25) is 0 Å². The normalized spacial score (nSPS) is 54.6. The predicted octanol–water partition coefficient (Wildman–Crippen LogP) is -0.0117. The van der Waals surface area contributed by atoms with Crippen molar-refractivity contribution in [2.24, 2.45) is 11.8 Å². The third kappa shape index (κ3) is 3.35. The highest BCUT2D eigenvalue weighted by atomic mass is 16.8. The first-order valence-corrected chi connectivity index (χ1v) is 10.8. The minimum Gasteiger partial charge on any atom is -0.472 e. The van der Waals surface area contributed by atoms with Crippen LogP contribution < -0.4 is 0 Å². The molecule has 1 saturated carbocycles. The van der Waals surface area contributed by atoms with Crippen LogP contribution in [0.4, 0.5) is 0 Å². The van der Waals surface area contributed by atoms with E-state index in [9.17, 15) is 15.3 Å². The molecule has 3 N–H and O–H groups in total. The molecule has 11 atom stereocenters. The van der Waals surface area contributed by atoms with Crippen molar-refractivity contribution in [1.29, 1.82) is 0 Å². The second-order valence-electron chi connectivity index (χ2n) is 10.0. The van der Waals surface area contributed by atoms with Gasteiger partial charge in [-0.05, 0) is 39.7 Å². The van der Waals surface area contributed by atoms with Crippen LogP contribution in [0, 0.1) is 11.8 Å². The number of hydrogen-bond acceptors (Lipinski definition) is 10. The lowest BCUT2D eigenvalue weighted by molar-refractivity contribution is -0.398. The maximum absolute atomic E-state index is 10.8. The van der Waals surface area contributed by atoms with Crippen LogP contribution in [0.3, 0.4) is 0 Å². The monoisotopic (exact) mass is 444 g/mol. The van der Waals surface area contributed by atoms with Crippen molar-refractivity contribution in [2.75, 3.05) is 6.61 Å². The van der Waals surface area contributed by atoms with Gasteiger partial charge in [-0.2, -0.15) is 0 Å². The van der Waals surface area contributed by atoms with Crippen molar-refractivity contribution in [2.45, 2.75) is 101 Å². The molecule has 0 amide bonds. The van der Waals surface area contributed by atoms with Crippen molar-refractivity contribution in [3.05, 3.63) is 12.3 Å². The minimum absolute atomic E-state index is 0.183. The van der Waals surface area contributed by atoms with Gasteiger partial charge in [-0.1, -0.05) is 6.92 Å². The minimum atomic E-state index is -1.37. The summed E-state index contributed by atoms with van der Waals surface area (Å²) in [6, 6.07) is 0. The molecule has 10 heteroatoms. The van der Waals surface area contributed by atoms with Crippen LogP contribution in [-0.2, 0) is 33.2 Å². The summed E-state index contributed by atoms with van der Waals surface area (Å²) in [5.74, 6) is -2.48. The SMILES string of the molecule is C[C@H]1[C@@H](O)[C@H]2OC(C)(C)O[C@]23C=CO[C@@H](O[C@@H]2O[C@@H]4COC(C)(C)O[C@H]4[C@H](O)[C@H]2O)[C@H]13. The number of rotatable bonds is 2. The molecule has 0 aromatic rings. The third-order valence-electron chi connectivity index (χ3n) is 6.97. The molecule has 1 spiro atoms. The van der Waals surface area contributed by atoms with E-state index in [-0.39, 0.29) is 12.5 Å². The number of fused-ring (bicyclic) bond motifs is 1. The van der Waals surface area contributed by atoms with Gasteiger partial charge in [0.15, 0.2) is 17.9 Å². The molecule has 4 aliphatic heterocycles. The van der Waals surface area contributed by atoms with E-state index in [2.05, 4.69) is 0 Å². The highest BCUT2D eigenvalue weighted by Crippen LogP contribution is 2.56. The van der Waals surface area contributed by atoms with E-state index in [4.69, 9.17) is 33.2 Å². The fraction of sp³-hybridized carbons (Fsp3) is 0.905. The highest BCUT2D eigenvalue weighted by molar-refractivity contribution is 5.23. The van der Waals surface area contributed by atoms with E-state index in [1.54, 1.807) is 33.8 Å². The summed E-state index contributed by atoms with van der Waals surface area (Å²) in [4.78, 5) is 0. The molecule has 4 heterocycles. The van der Waals surface area contributed by atoms with Crippen LogP contribution in [0.5, 0.6) is 0 Å². The number of ether oxygens (including phenoxy) is 7. The van der Waals surface area contributed by atoms with Crippen LogP contribution in [-0.4, -0.2) is 88.3 Å². The van der Waals surface area contributed by atoms with E-state index < -0.39 is 72.3 Å². The summed E-state index contributed by atoms with van der Waals surface area (Å²) in [6.07, 6.45) is -4.19. The Hall–Kier alpha value is -0.820. The quantitative estimate of drug-likeness (QED) is 0.535. The van der Waals surface area contributed by atoms with E-state index >= 15 is 0 Å². The lowest BCUT2D eigenvalue weighted by atomic mass is 9.83. The lowest BCUT2D eigenvalue weighted by Crippen LogP contribution is -2.65. The first-order chi connectivity index (χ1) is 14.4. The maximum Gasteiger partial charge on any atom is 0.208 e. The van der Waals surface area contributed by atoms with Gasteiger partial charge in [0.2, 0.25) is 6.29 Å². The van der Waals surface area contributed by atoms with Crippen LogP contribution >= 0.6 is 0 Å². The Morgan fingerprint density at radius 3 is 2.42 bits per heavy atom. The molecular formula is C21H32O10. The fourth-order valence-electron chi connectivity index (χ4n) is 5.60. The van der Waals surface area contributed by atoms with Gasteiger partial charge in [0.05, 0.1) is 24.9 Å². The van der Waals surface area contributed by atoms with Crippen molar-refractivity contribution in [3.63, 3.8) is 0 Å². The molecule has 5 rings (SSSR count). The number of aliphatic hydroxyl groups excluding tert-OH is 3. The molecule has 31 heavy (non-hydrogen) atoms. The third-order valence-corrected chi connectivity index (χ3v) is 6.97. The van der Waals surface area contributed by atoms with Crippen LogP contribution in [0.15, 0.2) is 12.3 Å². The van der Waals surface area contributed by atoms with Gasteiger partial charge in [0, 0.05) is 0 Å². The smallest absolute Gasteiger partial charge is 0.208 e. The standard InChI is InChI=1S/C21H32O10/c1-9-11-17(25-7-6-21(11)16(12(9)22)30-20(4,5)31-21)28-18-14(24)13(23)15-10(27-18)8-26-19(2,3)29-15/h6-7,9-18,22-24H,8H2,1-5H3/t9-,10-,11+,12-,13-,14-,15-,16-,17+,18+,21+/m1/s1. The van der Waals surface area contributed by atoms with Crippen LogP contribution in [0.1, 0.15) is 34.6 Å². The second-order valence-corrected chi connectivity index (χ2v) is 10.0. The van der Waals surface area contributed by atoms with E-state index in [0.717, 1.165) is 0 Å². The van der Waals surface area contributed by atoms with Crippen molar-refractivity contribution >= 4 is 0 Å². The zero-order valence-corrected chi connectivity index (χ0v) is 18.3. The first-order valence-electron chi connectivity index (χ1n) is 10.8. The molecular weight excluding hydrogens is 412 g/mol. The Labute approximate surface area is 180 Å². The second kappa shape index (κ2) is 7.09. The summed E-state index contributed by atoms with van der Waals surface area (Å²) in [6.45, 7) is 9.12. The molecule has 0 unspecified atom stereocenters. The van der Waals surface area contributed by atoms with Crippen molar-refractivity contribution in [3.8, 4) is 0 Å². The zero-order chi connectivity index (χ0) is 22.3. The average molecular weight is 444 g/mol. The summed E-state index contributed by atoms with van der Waals surface area (Å²) in [5.41, 5.74) is -0.937. The molecule has 3 saturated heterocycles. The summed E-state index contributed by atoms with van der Waals surface area (Å²) in [5, 5.41) is 32.2. The number of hydrogen-bond donors (Lipinski definition) is 3. The molecule has 176 valence electrons. The zero-order valence-electron chi connectivity index (χ0n) is 18.3. The van der Waals surface area contributed by atoms with Gasteiger partial charge in [-0.3, -0.25) is 0 Å². The average Bonchev–Trinajstić information content (AvgIpc) is 3.05. The molecule has 4 fully saturated rings. The fourth-order valence-corrected chi connectivity index (χ4v) is 5.60. The lowest BCUT2D eigenvalue weighted by Gasteiger charge is -2.49. The summed E-state index contributed by atoms with van der Waals surface area (Å²) in [7, 11) is 0. The Kier molecular flexibility index (Phi) is 5.03. The van der Waals surface area contributed by atoms with Crippen molar-refractivity contribution < 1.29 is 48.5 Å². The molecule has 5 aliphatic rings. The van der Waals surface area contributed by atoms with Gasteiger partial charge in [0.1, 0.15) is 36.1 Å². The highest BCUT2D eigenvalue weighted by Gasteiger charge is 2.70. The van der Waals surface area contributed by atoms with Gasteiger partial charge in [-0.15, -0.1) is 0 Å². The van der Waals surface area contributed by atoms with E-state index in [1.165, 1.54) is 6.26 Å². The summed E-state index contributed by atoms with van der Waals surface area (Å²) >= 11 is 0. The van der Waals surface area contributed by atoms with Crippen molar-refractivity contribution in [1.82, 2.24) is 0 Å². The molecule has 0 bridgehead atoms. The Balaban J connectivity index is 1.37. The summed E-state index contributed by atoms with van der Waals surface area (Å²) < 4.78 is 41.4. The molecule has 10 nitrogen and oxygen atoms in total. The Morgan fingerprint density at radius 2 is 1.68 bits per heavy atom.